The summed E-state index contributed by atoms with van der Waals surface area (Å²) in [6.45, 7) is 1.93. The highest BCUT2D eigenvalue weighted by Crippen LogP contribution is 2.33. The zero-order valence-electron chi connectivity index (χ0n) is 10.2. The van der Waals surface area contributed by atoms with E-state index in [4.69, 9.17) is 33.7 Å². The van der Waals surface area contributed by atoms with Crippen LogP contribution in [-0.2, 0) is 0 Å². The fourth-order valence-corrected chi connectivity index (χ4v) is 2.58. The SMILES string of the molecule is C[C@H](N)c1ccc(Oc2cc(Cl)cc(Cl)c2)c(Br)c1. The molecule has 0 unspecified atom stereocenters. The highest BCUT2D eigenvalue weighted by molar-refractivity contribution is 9.10. The van der Waals surface area contributed by atoms with E-state index >= 15 is 0 Å². The molecule has 2 aromatic carbocycles. The Morgan fingerprint density at radius 2 is 1.74 bits per heavy atom. The van der Waals surface area contributed by atoms with Gasteiger partial charge in [-0.25, -0.2) is 0 Å². The smallest absolute Gasteiger partial charge is 0.141 e. The minimum Gasteiger partial charge on any atom is -0.456 e. The van der Waals surface area contributed by atoms with Crippen molar-refractivity contribution in [2.24, 2.45) is 5.73 Å². The van der Waals surface area contributed by atoms with Crippen molar-refractivity contribution in [3.8, 4) is 11.5 Å². The van der Waals surface area contributed by atoms with E-state index in [1.165, 1.54) is 0 Å². The van der Waals surface area contributed by atoms with Gasteiger partial charge in [-0.3, -0.25) is 0 Å². The summed E-state index contributed by atoms with van der Waals surface area (Å²) in [5.41, 5.74) is 6.86. The van der Waals surface area contributed by atoms with Crippen molar-refractivity contribution < 1.29 is 4.74 Å². The fraction of sp³-hybridized carbons (Fsp3) is 0.143. The third kappa shape index (κ3) is 3.86. The summed E-state index contributed by atoms with van der Waals surface area (Å²) < 4.78 is 6.58. The van der Waals surface area contributed by atoms with Crippen molar-refractivity contribution in [3.63, 3.8) is 0 Å². The van der Waals surface area contributed by atoms with Gasteiger partial charge in [0, 0.05) is 16.1 Å². The molecule has 0 spiro atoms. The minimum absolute atomic E-state index is 0.0223. The molecule has 5 heteroatoms. The zero-order valence-corrected chi connectivity index (χ0v) is 13.3. The molecule has 0 bridgehead atoms. The van der Waals surface area contributed by atoms with Gasteiger partial charge in [0.2, 0.25) is 0 Å². The number of hydrogen-bond donors (Lipinski definition) is 1. The zero-order chi connectivity index (χ0) is 14.0. The lowest BCUT2D eigenvalue weighted by Gasteiger charge is -2.11. The Balaban J connectivity index is 2.28. The highest BCUT2D eigenvalue weighted by Gasteiger charge is 2.07. The van der Waals surface area contributed by atoms with Crippen molar-refractivity contribution >= 4 is 39.1 Å². The molecule has 0 aliphatic rings. The van der Waals surface area contributed by atoms with Gasteiger partial charge < -0.3 is 10.5 Å². The van der Waals surface area contributed by atoms with E-state index in [1.807, 2.05) is 25.1 Å². The van der Waals surface area contributed by atoms with Gasteiger partial charge in [0.25, 0.3) is 0 Å². The molecule has 2 nitrogen and oxygen atoms in total. The van der Waals surface area contributed by atoms with E-state index < -0.39 is 0 Å². The van der Waals surface area contributed by atoms with Crippen molar-refractivity contribution in [2.45, 2.75) is 13.0 Å². The Morgan fingerprint density at radius 1 is 1.11 bits per heavy atom. The second-order valence-corrected chi connectivity index (χ2v) is 5.91. The van der Waals surface area contributed by atoms with Crippen LogP contribution in [0.25, 0.3) is 0 Å². The average Bonchev–Trinajstić information content (AvgIpc) is 2.30. The van der Waals surface area contributed by atoms with Gasteiger partial charge in [0.05, 0.1) is 4.47 Å². The molecule has 2 aromatic rings. The molecule has 1 atom stereocenters. The minimum atomic E-state index is -0.0223. The van der Waals surface area contributed by atoms with Gasteiger partial charge in [-0.05, 0) is 58.7 Å². The molecule has 0 aliphatic heterocycles. The number of ether oxygens (including phenoxy) is 1. The van der Waals surface area contributed by atoms with Crippen LogP contribution in [0.15, 0.2) is 40.9 Å². The summed E-state index contributed by atoms with van der Waals surface area (Å²) in [5.74, 6) is 1.27. The predicted octanol–water partition coefficient (Wildman–Crippen LogP) is 5.57. The fourth-order valence-electron chi connectivity index (χ4n) is 1.60. The Morgan fingerprint density at radius 3 is 2.26 bits per heavy atom. The Hall–Kier alpha value is -0.740. The molecule has 100 valence electrons. The van der Waals surface area contributed by atoms with Crippen molar-refractivity contribution in [1.29, 1.82) is 0 Å². The van der Waals surface area contributed by atoms with E-state index in [1.54, 1.807) is 18.2 Å². The molecule has 2 rings (SSSR count). The maximum atomic E-state index is 5.93. The topological polar surface area (TPSA) is 35.2 Å². The maximum Gasteiger partial charge on any atom is 0.141 e. The van der Waals surface area contributed by atoms with Gasteiger partial charge >= 0.3 is 0 Å². The van der Waals surface area contributed by atoms with Gasteiger partial charge in [-0.15, -0.1) is 0 Å². The van der Waals surface area contributed by atoms with Crippen LogP contribution in [0, 0.1) is 0 Å². The Bertz CT molecular complexity index is 582. The molecule has 2 N–H and O–H groups in total. The van der Waals surface area contributed by atoms with Gasteiger partial charge in [0.1, 0.15) is 11.5 Å². The summed E-state index contributed by atoms with van der Waals surface area (Å²) in [6, 6.07) is 10.8. The van der Waals surface area contributed by atoms with Crippen LogP contribution in [0.2, 0.25) is 10.0 Å². The summed E-state index contributed by atoms with van der Waals surface area (Å²) in [6.07, 6.45) is 0. The van der Waals surface area contributed by atoms with Crippen LogP contribution in [0.3, 0.4) is 0 Å². The van der Waals surface area contributed by atoms with Crippen LogP contribution in [0.4, 0.5) is 0 Å². The molecule has 0 heterocycles. The second-order valence-electron chi connectivity index (χ2n) is 4.19. The van der Waals surface area contributed by atoms with Crippen molar-refractivity contribution in [1.82, 2.24) is 0 Å². The lowest BCUT2D eigenvalue weighted by Crippen LogP contribution is -2.04. The summed E-state index contributed by atoms with van der Waals surface area (Å²) >= 11 is 15.3. The lowest BCUT2D eigenvalue weighted by molar-refractivity contribution is 0.479. The van der Waals surface area contributed by atoms with Crippen molar-refractivity contribution in [3.05, 3.63) is 56.5 Å². The van der Waals surface area contributed by atoms with E-state index in [0.717, 1.165) is 10.0 Å². The quantitative estimate of drug-likeness (QED) is 0.776. The van der Waals surface area contributed by atoms with Gasteiger partial charge in [0.15, 0.2) is 0 Å². The Labute approximate surface area is 130 Å². The number of rotatable bonds is 3. The first kappa shape index (κ1) is 14.7. The van der Waals surface area contributed by atoms with Crippen LogP contribution in [0.1, 0.15) is 18.5 Å². The number of hydrogen-bond acceptors (Lipinski definition) is 2. The lowest BCUT2D eigenvalue weighted by atomic mass is 10.1. The standard InChI is InChI=1S/C14H12BrCl2NO/c1-8(18)9-2-3-14(13(15)4-9)19-12-6-10(16)5-11(17)7-12/h2-8H,18H2,1H3/t8-/m0/s1. The highest BCUT2D eigenvalue weighted by atomic mass is 79.9. The molecule has 0 amide bonds. The van der Waals surface area contributed by atoms with Crippen LogP contribution in [0.5, 0.6) is 11.5 Å². The maximum absolute atomic E-state index is 5.93. The van der Waals surface area contributed by atoms with Gasteiger partial charge in [-0.2, -0.15) is 0 Å². The molecule has 0 radical (unpaired) electrons. The van der Waals surface area contributed by atoms with Crippen LogP contribution in [-0.4, -0.2) is 0 Å². The first-order chi connectivity index (χ1) is 8.95. The average molecular weight is 361 g/mol. The third-order valence-electron chi connectivity index (χ3n) is 2.55. The summed E-state index contributed by atoms with van der Waals surface area (Å²) in [5, 5.41) is 1.07. The monoisotopic (exact) mass is 359 g/mol. The Kier molecular flexibility index (Phi) is 4.74. The molecule has 19 heavy (non-hydrogen) atoms. The van der Waals surface area contributed by atoms with E-state index in [2.05, 4.69) is 15.9 Å². The largest absolute Gasteiger partial charge is 0.456 e. The first-order valence-electron chi connectivity index (χ1n) is 5.64. The summed E-state index contributed by atoms with van der Waals surface area (Å²) in [7, 11) is 0. The number of nitrogens with two attached hydrogens (primary N) is 1. The van der Waals surface area contributed by atoms with Crippen LogP contribution >= 0.6 is 39.1 Å². The second kappa shape index (κ2) is 6.14. The normalized spacial score (nSPS) is 12.3. The number of halogens is 3. The van der Waals surface area contributed by atoms with Crippen molar-refractivity contribution in [2.75, 3.05) is 0 Å². The predicted molar refractivity (Wildman–Crippen MR) is 83.3 cm³/mol. The van der Waals surface area contributed by atoms with E-state index in [0.29, 0.717) is 21.5 Å². The molecule has 0 fully saturated rings. The van der Waals surface area contributed by atoms with E-state index in [9.17, 15) is 0 Å². The first-order valence-corrected chi connectivity index (χ1v) is 7.19. The molecular weight excluding hydrogens is 349 g/mol. The molecular formula is C14H12BrCl2NO. The molecule has 0 saturated carbocycles. The van der Waals surface area contributed by atoms with E-state index in [-0.39, 0.29) is 6.04 Å². The number of benzene rings is 2. The third-order valence-corrected chi connectivity index (χ3v) is 3.60. The van der Waals surface area contributed by atoms with Crippen LogP contribution < -0.4 is 10.5 Å². The molecule has 0 aliphatic carbocycles. The summed E-state index contributed by atoms with van der Waals surface area (Å²) in [4.78, 5) is 0. The van der Waals surface area contributed by atoms with Gasteiger partial charge in [-0.1, -0.05) is 29.3 Å². The molecule has 0 aromatic heterocycles. The molecule has 0 saturated heterocycles.